The monoisotopic (exact) mass is 292 g/mol. The Morgan fingerprint density at radius 2 is 2.24 bits per heavy atom. The van der Waals surface area contributed by atoms with Crippen LogP contribution < -0.4 is 10.6 Å². The topological polar surface area (TPSA) is 50.4 Å². The van der Waals surface area contributed by atoms with Crippen molar-refractivity contribution in [3.05, 3.63) is 29.1 Å². The molecule has 2 heterocycles. The number of halogens is 1. The van der Waals surface area contributed by atoms with Gasteiger partial charge >= 0.3 is 0 Å². The van der Waals surface area contributed by atoms with Gasteiger partial charge in [0.05, 0.1) is 11.6 Å². The molecule has 0 aliphatic carbocycles. The zero-order valence-corrected chi connectivity index (χ0v) is 12.5. The van der Waals surface area contributed by atoms with Crippen LogP contribution in [0.5, 0.6) is 0 Å². The fourth-order valence-corrected chi connectivity index (χ4v) is 3.46. The molecule has 114 valence electrons. The number of rotatable bonds is 3. The van der Waals surface area contributed by atoms with Gasteiger partial charge in [-0.05, 0) is 50.9 Å². The predicted molar refractivity (Wildman–Crippen MR) is 78.7 cm³/mol. The van der Waals surface area contributed by atoms with Gasteiger partial charge in [0.1, 0.15) is 5.82 Å². The third-order valence-electron chi connectivity index (χ3n) is 4.58. The van der Waals surface area contributed by atoms with Gasteiger partial charge in [0.15, 0.2) is 0 Å². The smallest absolute Gasteiger partial charge is 0.224 e. The summed E-state index contributed by atoms with van der Waals surface area (Å²) in [5.41, 5.74) is 1.83. The molecule has 5 heteroatoms. The quantitative estimate of drug-likeness (QED) is 0.900. The molecule has 1 aromatic rings. The Kier molecular flexibility index (Phi) is 3.71. The molecule has 0 aromatic heterocycles. The maximum atomic E-state index is 14.5. The summed E-state index contributed by atoms with van der Waals surface area (Å²) >= 11 is 0. The Labute approximate surface area is 124 Å². The van der Waals surface area contributed by atoms with Crippen LogP contribution in [0.2, 0.25) is 0 Å². The highest BCUT2D eigenvalue weighted by atomic mass is 19.1. The van der Waals surface area contributed by atoms with Crippen molar-refractivity contribution < 1.29 is 13.9 Å². The van der Waals surface area contributed by atoms with E-state index in [2.05, 4.69) is 10.6 Å². The lowest BCUT2D eigenvalue weighted by molar-refractivity contribution is -0.116. The average Bonchev–Trinajstić information content (AvgIpc) is 2.88. The molecule has 0 saturated carbocycles. The minimum Gasteiger partial charge on any atom is -0.373 e. The van der Waals surface area contributed by atoms with Crippen LogP contribution in [0, 0.1) is 5.82 Å². The van der Waals surface area contributed by atoms with Gasteiger partial charge in [-0.25, -0.2) is 4.39 Å². The third-order valence-corrected chi connectivity index (χ3v) is 4.58. The number of hydrogen-bond donors (Lipinski definition) is 2. The molecular weight excluding hydrogens is 271 g/mol. The summed E-state index contributed by atoms with van der Waals surface area (Å²) in [6.07, 6.45) is 3.02. The minimum atomic E-state index is -0.387. The lowest BCUT2D eigenvalue weighted by Gasteiger charge is -2.34. The number of aryl methyl sites for hydroxylation is 1. The number of amides is 1. The molecule has 1 saturated heterocycles. The number of carbonyl (C=O) groups excluding carboxylic acids is 1. The molecule has 4 nitrogen and oxygen atoms in total. The number of carbonyl (C=O) groups is 1. The first kappa shape index (κ1) is 14.5. The molecule has 0 radical (unpaired) electrons. The van der Waals surface area contributed by atoms with Gasteiger partial charge in [0, 0.05) is 24.3 Å². The zero-order valence-electron chi connectivity index (χ0n) is 12.5. The molecule has 2 unspecified atom stereocenters. The van der Waals surface area contributed by atoms with Gasteiger partial charge in [-0.1, -0.05) is 0 Å². The Balaban J connectivity index is 1.99. The number of likely N-dealkylation sites (N-methyl/N-ethyl adjacent to an activating group) is 1. The first-order chi connectivity index (χ1) is 10.0. The second-order valence-corrected chi connectivity index (χ2v) is 6.07. The minimum absolute atomic E-state index is 0.0501. The van der Waals surface area contributed by atoms with Gasteiger partial charge < -0.3 is 15.4 Å². The highest BCUT2D eigenvalue weighted by Crippen LogP contribution is 2.39. The molecule has 2 aliphatic heterocycles. The van der Waals surface area contributed by atoms with Crippen LogP contribution in [0.3, 0.4) is 0 Å². The molecule has 2 aliphatic rings. The Morgan fingerprint density at radius 3 is 2.90 bits per heavy atom. The number of fused-ring (bicyclic) bond motifs is 1. The number of anilines is 1. The summed E-state index contributed by atoms with van der Waals surface area (Å²) in [4.78, 5) is 11.4. The highest BCUT2D eigenvalue weighted by Gasteiger charge is 2.40. The van der Waals surface area contributed by atoms with Gasteiger partial charge in [-0.2, -0.15) is 0 Å². The van der Waals surface area contributed by atoms with Crippen molar-refractivity contribution in [1.29, 1.82) is 0 Å². The van der Waals surface area contributed by atoms with E-state index in [0.29, 0.717) is 24.1 Å². The lowest BCUT2D eigenvalue weighted by Crippen LogP contribution is -2.40. The van der Waals surface area contributed by atoms with E-state index in [4.69, 9.17) is 4.74 Å². The first-order valence-electron chi connectivity index (χ1n) is 7.47. The summed E-state index contributed by atoms with van der Waals surface area (Å²) < 4.78 is 20.4. The molecule has 0 bridgehead atoms. The molecule has 1 fully saturated rings. The highest BCUT2D eigenvalue weighted by molar-refractivity contribution is 5.93. The Morgan fingerprint density at radius 1 is 1.43 bits per heavy atom. The van der Waals surface area contributed by atoms with E-state index in [1.165, 1.54) is 6.07 Å². The van der Waals surface area contributed by atoms with Crippen molar-refractivity contribution in [1.82, 2.24) is 5.32 Å². The van der Waals surface area contributed by atoms with Crippen molar-refractivity contribution >= 4 is 11.6 Å². The zero-order chi connectivity index (χ0) is 15.0. The number of nitrogens with one attached hydrogen (secondary N) is 2. The van der Waals surface area contributed by atoms with E-state index in [1.807, 2.05) is 20.0 Å². The van der Waals surface area contributed by atoms with Crippen LogP contribution in [-0.2, 0) is 16.0 Å². The van der Waals surface area contributed by atoms with Gasteiger partial charge in [0.25, 0.3) is 0 Å². The van der Waals surface area contributed by atoms with Crippen LogP contribution >= 0.6 is 0 Å². The van der Waals surface area contributed by atoms with E-state index >= 15 is 0 Å². The lowest BCUT2D eigenvalue weighted by atomic mass is 9.86. The summed E-state index contributed by atoms with van der Waals surface area (Å²) in [7, 11) is 1.83. The van der Waals surface area contributed by atoms with Crippen LogP contribution in [0.25, 0.3) is 0 Å². The summed E-state index contributed by atoms with van der Waals surface area (Å²) in [6, 6.07) is 3.12. The van der Waals surface area contributed by atoms with Crippen LogP contribution in [0.1, 0.15) is 43.4 Å². The van der Waals surface area contributed by atoms with E-state index in [1.54, 1.807) is 0 Å². The van der Waals surface area contributed by atoms with Crippen LogP contribution in [-0.4, -0.2) is 25.2 Å². The molecule has 3 rings (SSSR count). The van der Waals surface area contributed by atoms with Crippen molar-refractivity contribution in [3.63, 3.8) is 0 Å². The van der Waals surface area contributed by atoms with E-state index in [-0.39, 0.29) is 23.4 Å². The summed E-state index contributed by atoms with van der Waals surface area (Å²) in [6.45, 7) is 2.75. The van der Waals surface area contributed by atoms with E-state index in [9.17, 15) is 9.18 Å². The van der Waals surface area contributed by atoms with Crippen LogP contribution in [0.15, 0.2) is 12.1 Å². The molecular formula is C16H21FN2O2. The third kappa shape index (κ3) is 2.56. The fraction of sp³-hybridized carbons (Fsp3) is 0.562. The molecule has 2 N–H and O–H groups in total. The van der Waals surface area contributed by atoms with Crippen molar-refractivity contribution in [2.24, 2.45) is 0 Å². The maximum absolute atomic E-state index is 14.5. The molecule has 2 atom stereocenters. The number of hydrogen-bond acceptors (Lipinski definition) is 3. The second kappa shape index (κ2) is 5.39. The van der Waals surface area contributed by atoms with Gasteiger partial charge in [-0.3, -0.25) is 4.79 Å². The molecule has 1 aromatic carbocycles. The van der Waals surface area contributed by atoms with E-state index < -0.39 is 0 Å². The molecule has 1 amide bonds. The van der Waals surface area contributed by atoms with Crippen molar-refractivity contribution in [2.75, 3.05) is 19.0 Å². The number of ether oxygens (including phenoxy) is 1. The fourth-order valence-electron chi connectivity index (χ4n) is 3.46. The largest absolute Gasteiger partial charge is 0.373 e. The van der Waals surface area contributed by atoms with Gasteiger partial charge in [-0.15, -0.1) is 0 Å². The standard InChI is InChI=1S/C16H21FN2O2/c1-16(6-3-7-21-16)15(18-2)11-8-10-4-5-14(20)19-13(10)9-12(11)17/h8-9,15,18H,3-7H2,1-2H3,(H,19,20). The Bertz CT molecular complexity index is 568. The maximum Gasteiger partial charge on any atom is 0.224 e. The average molecular weight is 292 g/mol. The molecule has 21 heavy (non-hydrogen) atoms. The van der Waals surface area contributed by atoms with Crippen LogP contribution in [0.4, 0.5) is 10.1 Å². The molecule has 0 spiro atoms. The summed E-state index contributed by atoms with van der Waals surface area (Å²) in [5.74, 6) is -0.349. The predicted octanol–water partition coefficient (Wildman–Crippen LogP) is 2.54. The normalized spacial score (nSPS) is 26.3. The number of benzene rings is 1. The van der Waals surface area contributed by atoms with Gasteiger partial charge in [0.2, 0.25) is 5.91 Å². The SMILES string of the molecule is CNC(c1cc2c(cc1F)NC(=O)CC2)C1(C)CCCO1. The summed E-state index contributed by atoms with van der Waals surface area (Å²) in [5, 5.41) is 5.94. The second-order valence-electron chi connectivity index (χ2n) is 6.07. The first-order valence-corrected chi connectivity index (χ1v) is 7.47. The van der Waals surface area contributed by atoms with Crippen molar-refractivity contribution in [3.8, 4) is 0 Å². The Hall–Kier alpha value is -1.46. The van der Waals surface area contributed by atoms with Crippen molar-refractivity contribution in [2.45, 2.75) is 44.2 Å². The van der Waals surface area contributed by atoms with E-state index in [0.717, 1.165) is 25.0 Å².